The van der Waals surface area contributed by atoms with E-state index in [2.05, 4.69) is 5.32 Å². The molecule has 0 bridgehead atoms. The molecule has 0 spiro atoms. The Hall–Kier alpha value is -0.110. The van der Waals surface area contributed by atoms with E-state index < -0.39 is 6.17 Å². The molecule has 0 amide bonds. The van der Waals surface area contributed by atoms with Crippen molar-refractivity contribution in [1.29, 1.82) is 0 Å². The monoisotopic (exact) mass is 199 g/mol. The Bertz CT molecular complexity index is 164. The lowest BCUT2D eigenvalue weighted by Gasteiger charge is -2.19. The van der Waals surface area contributed by atoms with Crippen LogP contribution in [-0.4, -0.2) is 19.3 Å². The molecule has 0 radical (unpaired) electrons. The number of rotatable bonds is 2. The molecule has 1 aliphatic carbocycles. The van der Waals surface area contributed by atoms with Crippen LogP contribution >= 0.6 is 0 Å². The summed E-state index contributed by atoms with van der Waals surface area (Å²) >= 11 is 0. The lowest BCUT2D eigenvalue weighted by atomic mass is 9.88. The van der Waals surface area contributed by atoms with Gasteiger partial charge in [0.2, 0.25) is 0 Å². The van der Waals surface area contributed by atoms with Gasteiger partial charge in [-0.05, 0) is 12.3 Å². The Morgan fingerprint density at radius 2 is 1.71 bits per heavy atom. The zero-order valence-corrected chi connectivity index (χ0v) is 8.97. The summed E-state index contributed by atoms with van der Waals surface area (Å²) in [6, 6.07) is 0. The highest BCUT2D eigenvalue weighted by atomic mass is 19.1. The van der Waals surface area contributed by atoms with E-state index in [1.54, 1.807) is 0 Å². The molecule has 0 aromatic heterocycles. The van der Waals surface area contributed by atoms with Crippen molar-refractivity contribution >= 4 is 0 Å². The van der Waals surface area contributed by atoms with Crippen molar-refractivity contribution in [2.75, 3.05) is 13.1 Å². The fourth-order valence-corrected chi connectivity index (χ4v) is 2.96. The molecule has 2 atom stereocenters. The molecule has 1 saturated heterocycles. The maximum absolute atomic E-state index is 13.4. The van der Waals surface area contributed by atoms with Crippen molar-refractivity contribution in [1.82, 2.24) is 5.32 Å². The summed E-state index contributed by atoms with van der Waals surface area (Å²) in [6.07, 6.45) is 8.82. The highest BCUT2D eigenvalue weighted by Gasteiger charge is 2.29. The third-order valence-corrected chi connectivity index (χ3v) is 3.87. The summed E-state index contributed by atoms with van der Waals surface area (Å²) in [6.45, 7) is 1.51. The van der Waals surface area contributed by atoms with E-state index >= 15 is 0 Å². The van der Waals surface area contributed by atoms with Gasteiger partial charge in [0.25, 0.3) is 0 Å². The minimum absolute atomic E-state index is 0.318. The molecule has 1 N–H and O–H groups in total. The van der Waals surface area contributed by atoms with Crippen molar-refractivity contribution in [2.45, 2.75) is 51.1 Å². The van der Waals surface area contributed by atoms with Gasteiger partial charge in [-0.25, -0.2) is 4.39 Å². The standard InChI is InChI=1S/C12H22FN/c13-12-9-14-8-11(12)7-10-5-3-1-2-4-6-10/h10-12,14H,1-9H2. The second-order valence-electron chi connectivity index (χ2n) is 5.03. The molecule has 0 aromatic rings. The van der Waals surface area contributed by atoms with Crippen molar-refractivity contribution < 1.29 is 4.39 Å². The summed E-state index contributed by atoms with van der Waals surface area (Å²) in [5.74, 6) is 1.14. The summed E-state index contributed by atoms with van der Waals surface area (Å²) in [5.41, 5.74) is 0. The fourth-order valence-electron chi connectivity index (χ4n) is 2.96. The summed E-state index contributed by atoms with van der Waals surface area (Å²) in [7, 11) is 0. The van der Waals surface area contributed by atoms with Gasteiger partial charge in [0.1, 0.15) is 6.17 Å². The average molecular weight is 199 g/mol. The quantitative estimate of drug-likeness (QED) is 0.674. The molecule has 1 aliphatic heterocycles. The van der Waals surface area contributed by atoms with E-state index in [9.17, 15) is 4.39 Å². The largest absolute Gasteiger partial charge is 0.313 e. The van der Waals surface area contributed by atoms with Crippen molar-refractivity contribution in [2.24, 2.45) is 11.8 Å². The summed E-state index contributed by atoms with van der Waals surface area (Å²) in [5, 5.41) is 3.15. The first-order valence-electron chi connectivity index (χ1n) is 6.21. The molecule has 2 unspecified atom stereocenters. The Balaban J connectivity index is 1.77. The fraction of sp³-hybridized carbons (Fsp3) is 1.00. The van der Waals surface area contributed by atoms with E-state index in [-0.39, 0.29) is 0 Å². The van der Waals surface area contributed by atoms with E-state index in [1.165, 1.54) is 38.5 Å². The third-order valence-electron chi connectivity index (χ3n) is 3.87. The Morgan fingerprint density at radius 3 is 2.29 bits per heavy atom. The smallest absolute Gasteiger partial charge is 0.116 e. The van der Waals surface area contributed by atoms with Gasteiger partial charge in [0, 0.05) is 19.0 Å². The molecule has 2 heteroatoms. The minimum Gasteiger partial charge on any atom is -0.313 e. The van der Waals surface area contributed by atoms with Crippen LogP contribution in [0.4, 0.5) is 4.39 Å². The molecule has 82 valence electrons. The molecule has 1 heterocycles. The van der Waals surface area contributed by atoms with Crippen molar-refractivity contribution in [3.8, 4) is 0 Å². The molecular weight excluding hydrogens is 177 g/mol. The van der Waals surface area contributed by atoms with Gasteiger partial charge >= 0.3 is 0 Å². The second kappa shape index (κ2) is 5.11. The van der Waals surface area contributed by atoms with Crippen LogP contribution in [0.3, 0.4) is 0 Å². The minimum atomic E-state index is -0.571. The van der Waals surface area contributed by atoms with Crippen LogP contribution in [0.25, 0.3) is 0 Å². The van der Waals surface area contributed by atoms with E-state index in [0.717, 1.165) is 18.9 Å². The molecule has 2 rings (SSSR count). The first-order chi connectivity index (χ1) is 6.86. The highest BCUT2D eigenvalue weighted by Crippen LogP contribution is 2.30. The zero-order chi connectivity index (χ0) is 9.80. The van der Waals surface area contributed by atoms with Crippen molar-refractivity contribution in [3.63, 3.8) is 0 Å². The number of hydrogen-bond donors (Lipinski definition) is 1. The van der Waals surface area contributed by atoms with Crippen LogP contribution in [0.5, 0.6) is 0 Å². The van der Waals surface area contributed by atoms with Gasteiger partial charge in [-0.2, -0.15) is 0 Å². The third kappa shape index (κ3) is 2.69. The maximum atomic E-state index is 13.4. The first-order valence-corrected chi connectivity index (χ1v) is 6.21. The van der Waals surface area contributed by atoms with Gasteiger partial charge in [-0.3, -0.25) is 0 Å². The van der Waals surface area contributed by atoms with Crippen molar-refractivity contribution in [3.05, 3.63) is 0 Å². The van der Waals surface area contributed by atoms with Gasteiger partial charge < -0.3 is 5.32 Å². The normalized spacial score (nSPS) is 35.8. The van der Waals surface area contributed by atoms with E-state index in [1.807, 2.05) is 0 Å². The predicted molar refractivity (Wildman–Crippen MR) is 57.1 cm³/mol. The van der Waals surface area contributed by atoms with Crippen LogP contribution in [0.2, 0.25) is 0 Å². The lowest BCUT2D eigenvalue weighted by molar-refractivity contribution is 0.235. The maximum Gasteiger partial charge on any atom is 0.116 e. The number of alkyl halides is 1. The molecule has 1 nitrogen and oxygen atoms in total. The number of hydrogen-bond acceptors (Lipinski definition) is 1. The summed E-state index contributed by atoms with van der Waals surface area (Å²) < 4.78 is 13.4. The van der Waals surface area contributed by atoms with Crippen LogP contribution < -0.4 is 5.32 Å². The first kappa shape index (κ1) is 10.4. The molecule has 1 saturated carbocycles. The topological polar surface area (TPSA) is 12.0 Å². The van der Waals surface area contributed by atoms with Crippen LogP contribution in [0.15, 0.2) is 0 Å². The zero-order valence-electron chi connectivity index (χ0n) is 8.97. The lowest BCUT2D eigenvalue weighted by Crippen LogP contribution is -2.17. The van der Waals surface area contributed by atoms with E-state index in [0.29, 0.717) is 12.5 Å². The van der Waals surface area contributed by atoms with E-state index in [4.69, 9.17) is 0 Å². The van der Waals surface area contributed by atoms with Crippen LogP contribution in [-0.2, 0) is 0 Å². The van der Waals surface area contributed by atoms with Crippen LogP contribution in [0, 0.1) is 11.8 Å². The van der Waals surface area contributed by atoms with Crippen LogP contribution in [0.1, 0.15) is 44.9 Å². The van der Waals surface area contributed by atoms with Gasteiger partial charge in [-0.1, -0.05) is 38.5 Å². The van der Waals surface area contributed by atoms with Gasteiger partial charge in [-0.15, -0.1) is 0 Å². The van der Waals surface area contributed by atoms with Gasteiger partial charge in [0.15, 0.2) is 0 Å². The predicted octanol–water partition coefficient (Wildman–Crippen LogP) is 2.90. The van der Waals surface area contributed by atoms with Gasteiger partial charge in [0.05, 0.1) is 0 Å². The molecule has 2 aliphatic rings. The molecule has 14 heavy (non-hydrogen) atoms. The number of nitrogens with one attached hydrogen (secondary N) is 1. The highest BCUT2D eigenvalue weighted by molar-refractivity contribution is 4.83. The Morgan fingerprint density at radius 1 is 1.00 bits per heavy atom. The SMILES string of the molecule is FC1CNCC1CC1CCCCCC1. The number of halogens is 1. The Labute approximate surface area is 86.5 Å². The molecule has 0 aromatic carbocycles. The average Bonchev–Trinajstić information content (AvgIpc) is 2.44. The molecule has 2 fully saturated rings. The summed E-state index contributed by atoms with van der Waals surface area (Å²) in [4.78, 5) is 0. The Kier molecular flexibility index (Phi) is 3.80. The molecular formula is C12H22FN. The second-order valence-corrected chi connectivity index (χ2v) is 5.03.